The Morgan fingerprint density at radius 3 is 2.80 bits per heavy atom. The highest BCUT2D eigenvalue weighted by Gasteiger charge is 2.10. The lowest BCUT2D eigenvalue weighted by Crippen LogP contribution is -2.34. The van der Waals surface area contributed by atoms with Crippen LogP contribution in [0.15, 0.2) is 29.8 Å². The van der Waals surface area contributed by atoms with E-state index in [9.17, 15) is 9.90 Å². The Kier molecular flexibility index (Phi) is 6.85. The average Bonchev–Trinajstić information content (AvgIpc) is 2.37. The number of hydrogen-bond acceptors (Lipinski definition) is 3. The van der Waals surface area contributed by atoms with E-state index in [0.717, 1.165) is 5.57 Å². The van der Waals surface area contributed by atoms with Crippen molar-refractivity contribution in [1.29, 1.82) is 0 Å². The average molecular weight is 318 g/mol. The van der Waals surface area contributed by atoms with Crippen molar-refractivity contribution >= 4 is 29.1 Å². The van der Waals surface area contributed by atoms with E-state index < -0.39 is 6.10 Å². The molecule has 4 nitrogen and oxygen atoms in total. The number of benzene rings is 1. The molecule has 0 aliphatic rings. The summed E-state index contributed by atoms with van der Waals surface area (Å²) in [6.45, 7) is 3.75. The van der Waals surface area contributed by atoms with Crippen molar-refractivity contribution in [3.63, 3.8) is 0 Å². The molecule has 1 unspecified atom stereocenters. The molecule has 0 aliphatic carbocycles. The number of rotatable bonds is 6. The summed E-state index contributed by atoms with van der Waals surface area (Å²) in [5.74, 6) is 0.152. The number of allylic oxidation sites excluding steroid dienone is 1. The third kappa shape index (κ3) is 5.82. The third-order valence-electron chi connectivity index (χ3n) is 2.28. The second-order valence-electron chi connectivity index (χ2n) is 4.48. The molecule has 0 saturated carbocycles. The van der Waals surface area contributed by atoms with Gasteiger partial charge in [0.25, 0.3) is 0 Å². The number of amides is 1. The number of aliphatic hydroxyl groups is 1. The lowest BCUT2D eigenvalue weighted by Gasteiger charge is -2.14. The highest BCUT2D eigenvalue weighted by molar-refractivity contribution is 6.42. The van der Waals surface area contributed by atoms with Crippen LogP contribution in [0.2, 0.25) is 10.0 Å². The molecular weight excluding hydrogens is 301 g/mol. The van der Waals surface area contributed by atoms with Crippen molar-refractivity contribution in [2.75, 3.05) is 13.2 Å². The van der Waals surface area contributed by atoms with Crippen LogP contribution in [0.5, 0.6) is 5.75 Å². The van der Waals surface area contributed by atoms with Crippen LogP contribution in [0.3, 0.4) is 0 Å². The Morgan fingerprint density at radius 1 is 1.45 bits per heavy atom. The summed E-state index contributed by atoms with van der Waals surface area (Å²) in [7, 11) is 0. The molecule has 1 aromatic carbocycles. The van der Waals surface area contributed by atoms with Gasteiger partial charge in [-0.1, -0.05) is 34.8 Å². The molecule has 6 heteroatoms. The molecule has 0 saturated heterocycles. The first-order chi connectivity index (χ1) is 9.40. The molecule has 0 spiro atoms. The van der Waals surface area contributed by atoms with Crippen LogP contribution in [-0.4, -0.2) is 30.3 Å². The standard InChI is InChI=1S/C14H17Cl2NO3/c1-9(2)6-13(19)17-7-10(18)8-20-12-5-3-4-11(15)14(12)16/h3-6,10,18H,7-8H2,1-2H3,(H,17,19). The fourth-order valence-corrected chi connectivity index (χ4v) is 1.72. The van der Waals surface area contributed by atoms with Crippen molar-refractivity contribution < 1.29 is 14.6 Å². The highest BCUT2D eigenvalue weighted by atomic mass is 35.5. The van der Waals surface area contributed by atoms with E-state index in [1.807, 2.05) is 13.8 Å². The lowest BCUT2D eigenvalue weighted by molar-refractivity contribution is -0.117. The smallest absolute Gasteiger partial charge is 0.244 e. The maximum absolute atomic E-state index is 11.4. The van der Waals surface area contributed by atoms with E-state index in [1.54, 1.807) is 18.2 Å². The topological polar surface area (TPSA) is 58.6 Å². The SMILES string of the molecule is CC(C)=CC(=O)NCC(O)COc1cccc(Cl)c1Cl. The van der Waals surface area contributed by atoms with Crippen LogP contribution < -0.4 is 10.1 Å². The van der Waals surface area contributed by atoms with Gasteiger partial charge in [0.2, 0.25) is 5.91 Å². The van der Waals surface area contributed by atoms with E-state index >= 15 is 0 Å². The van der Waals surface area contributed by atoms with E-state index in [4.69, 9.17) is 27.9 Å². The summed E-state index contributed by atoms with van der Waals surface area (Å²) >= 11 is 11.8. The van der Waals surface area contributed by atoms with Crippen molar-refractivity contribution in [3.8, 4) is 5.75 Å². The number of carbonyl (C=O) groups excluding carboxylic acids is 1. The molecule has 0 bridgehead atoms. The predicted molar refractivity (Wildman–Crippen MR) is 80.4 cm³/mol. The van der Waals surface area contributed by atoms with E-state index in [0.29, 0.717) is 15.8 Å². The van der Waals surface area contributed by atoms with Gasteiger partial charge in [0.15, 0.2) is 0 Å². The molecule has 1 rings (SSSR count). The third-order valence-corrected chi connectivity index (χ3v) is 3.08. The fourth-order valence-electron chi connectivity index (χ4n) is 1.37. The summed E-state index contributed by atoms with van der Waals surface area (Å²) in [4.78, 5) is 11.4. The Bertz CT molecular complexity index is 499. The number of carbonyl (C=O) groups is 1. The largest absolute Gasteiger partial charge is 0.489 e. The molecule has 1 aromatic rings. The molecule has 110 valence electrons. The van der Waals surface area contributed by atoms with Gasteiger partial charge in [-0.05, 0) is 26.0 Å². The van der Waals surface area contributed by atoms with Gasteiger partial charge in [-0.2, -0.15) is 0 Å². The lowest BCUT2D eigenvalue weighted by atomic mass is 10.3. The first-order valence-electron chi connectivity index (χ1n) is 6.07. The van der Waals surface area contributed by atoms with Crippen molar-refractivity contribution in [3.05, 3.63) is 39.9 Å². The number of halogens is 2. The zero-order valence-electron chi connectivity index (χ0n) is 11.3. The van der Waals surface area contributed by atoms with Crippen molar-refractivity contribution in [1.82, 2.24) is 5.32 Å². The Morgan fingerprint density at radius 2 is 2.15 bits per heavy atom. The quantitative estimate of drug-likeness (QED) is 0.793. The molecule has 0 aliphatic heterocycles. The minimum atomic E-state index is -0.834. The Hall–Kier alpha value is -1.23. The maximum atomic E-state index is 11.4. The zero-order valence-corrected chi connectivity index (χ0v) is 12.8. The monoisotopic (exact) mass is 317 g/mol. The molecule has 0 aromatic heterocycles. The number of nitrogens with one attached hydrogen (secondary N) is 1. The minimum Gasteiger partial charge on any atom is -0.489 e. The van der Waals surface area contributed by atoms with Gasteiger partial charge >= 0.3 is 0 Å². The fraction of sp³-hybridized carbons (Fsp3) is 0.357. The van der Waals surface area contributed by atoms with E-state index in [2.05, 4.69) is 5.32 Å². The van der Waals surface area contributed by atoms with Gasteiger partial charge in [-0.25, -0.2) is 0 Å². The van der Waals surface area contributed by atoms with Gasteiger partial charge in [-0.3, -0.25) is 4.79 Å². The van der Waals surface area contributed by atoms with E-state index in [-0.39, 0.29) is 19.1 Å². The van der Waals surface area contributed by atoms with Crippen LogP contribution in [0.25, 0.3) is 0 Å². The van der Waals surface area contributed by atoms with Gasteiger partial charge in [-0.15, -0.1) is 0 Å². The van der Waals surface area contributed by atoms with E-state index in [1.165, 1.54) is 6.08 Å². The Balaban J connectivity index is 2.40. The first kappa shape index (κ1) is 16.8. The highest BCUT2D eigenvalue weighted by Crippen LogP contribution is 2.31. The van der Waals surface area contributed by atoms with Gasteiger partial charge in [0.1, 0.15) is 23.5 Å². The summed E-state index contributed by atoms with van der Waals surface area (Å²) in [6.07, 6.45) is 0.626. The second-order valence-corrected chi connectivity index (χ2v) is 5.27. The van der Waals surface area contributed by atoms with Gasteiger partial charge < -0.3 is 15.2 Å². The normalized spacial score (nSPS) is 11.7. The molecule has 0 radical (unpaired) electrons. The number of ether oxygens (including phenoxy) is 1. The summed E-state index contributed by atoms with van der Waals surface area (Å²) in [5, 5.41) is 13.0. The number of hydrogen-bond donors (Lipinski definition) is 2. The summed E-state index contributed by atoms with van der Waals surface area (Å²) in [5.41, 5.74) is 0.888. The van der Waals surface area contributed by atoms with Crippen LogP contribution in [0, 0.1) is 0 Å². The minimum absolute atomic E-state index is 0.00909. The summed E-state index contributed by atoms with van der Waals surface area (Å²) in [6, 6.07) is 5.00. The molecule has 1 amide bonds. The van der Waals surface area contributed by atoms with Crippen LogP contribution in [0.4, 0.5) is 0 Å². The number of aliphatic hydroxyl groups excluding tert-OH is 1. The molecule has 0 fully saturated rings. The predicted octanol–water partition coefficient (Wildman–Crippen LogP) is 2.82. The van der Waals surface area contributed by atoms with Crippen LogP contribution in [0.1, 0.15) is 13.8 Å². The second kappa shape index (κ2) is 8.15. The summed E-state index contributed by atoms with van der Waals surface area (Å²) < 4.78 is 5.36. The van der Waals surface area contributed by atoms with Crippen molar-refractivity contribution in [2.24, 2.45) is 0 Å². The molecule has 0 heterocycles. The molecular formula is C14H17Cl2NO3. The van der Waals surface area contributed by atoms with Crippen molar-refractivity contribution in [2.45, 2.75) is 20.0 Å². The molecule has 20 heavy (non-hydrogen) atoms. The zero-order chi connectivity index (χ0) is 15.1. The van der Waals surface area contributed by atoms with Crippen LogP contribution >= 0.6 is 23.2 Å². The molecule has 1 atom stereocenters. The van der Waals surface area contributed by atoms with Gasteiger partial charge in [0.05, 0.1) is 5.02 Å². The maximum Gasteiger partial charge on any atom is 0.244 e. The Labute approximate surface area is 128 Å². The first-order valence-corrected chi connectivity index (χ1v) is 6.83. The van der Waals surface area contributed by atoms with Crippen LogP contribution in [-0.2, 0) is 4.79 Å². The molecule has 2 N–H and O–H groups in total. The van der Waals surface area contributed by atoms with Gasteiger partial charge in [0, 0.05) is 12.6 Å².